The largest absolute Gasteiger partial charge is 0.365 e. The number of rotatable bonds is 3. The number of carbonyl (C=O) groups excluding carboxylic acids is 1. The minimum absolute atomic E-state index is 0.0863. The molecule has 2 aromatic rings. The highest BCUT2D eigenvalue weighted by Gasteiger charge is 2.45. The third-order valence-electron chi connectivity index (χ3n) is 3.93. The zero-order chi connectivity index (χ0) is 18.2. The number of nitrogens with zero attached hydrogens (tertiary/aromatic N) is 3. The quantitative estimate of drug-likeness (QED) is 0.626. The van der Waals surface area contributed by atoms with Crippen molar-refractivity contribution in [1.29, 1.82) is 0 Å². The number of nitro benzene ring substituents is 1. The van der Waals surface area contributed by atoms with Crippen molar-refractivity contribution < 1.29 is 14.8 Å². The van der Waals surface area contributed by atoms with E-state index in [0.29, 0.717) is 11.3 Å². The van der Waals surface area contributed by atoms with Gasteiger partial charge in [0.1, 0.15) is 0 Å². The van der Waals surface area contributed by atoms with Gasteiger partial charge in [0.15, 0.2) is 5.72 Å². The molecule has 0 aromatic heterocycles. The number of halogens is 1. The fourth-order valence-corrected chi connectivity index (χ4v) is 3.01. The third-order valence-corrected chi connectivity index (χ3v) is 4.45. The summed E-state index contributed by atoms with van der Waals surface area (Å²) in [6.45, 7) is 1.71. The summed E-state index contributed by atoms with van der Waals surface area (Å²) in [7, 11) is 0. The first-order valence-electron chi connectivity index (χ1n) is 7.43. The molecule has 0 saturated carbocycles. The Morgan fingerprint density at radius 1 is 1.32 bits per heavy atom. The molecule has 0 fully saturated rings. The molecule has 0 unspecified atom stereocenters. The number of amides is 1. The summed E-state index contributed by atoms with van der Waals surface area (Å²) in [6.07, 6.45) is 0.162. The lowest BCUT2D eigenvalue weighted by Gasteiger charge is -2.31. The first-order chi connectivity index (χ1) is 11.8. The molecule has 3 rings (SSSR count). The molecule has 0 saturated heterocycles. The lowest BCUT2D eigenvalue weighted by Crippen LogP contribution is -2.43. The summed E-state index contributed by atoms with van der Waals surface area (Å²) in [5.74, 6) is -0.606. The van der Waals surface area contributed by atoms with E-state index in [0.717, 1.165) is 9.48 Å². The van der Waals surface area contributed by atoms with Gasteiger partial charge < -0.3 is 5.11 Å². The van der Waals surface area contributed by atoms with Gasteiger partial charge in [-0.15, -0.1) is 0 Å². The minimum Gasteiger partial charge on any atom is -0.365 e. The second-order valence-corrected chi connectivity index (χ2v) is 6.68. The summed E-state index contributed by atoms with van der Waals surface area (Å²) in [6, 6.07) is 12.3. The lowest BCUT2D eigenvalue weighted by molar-refractivity contribution is -0.384. The highest BCUT2D eigenvalue weighted by atomic mass is 79.9. The maximum Gasteiger partial charge on any atom is 0.277 e. The molecular weight excluding hydrogens is 390 g/mol. The minimum atomic E-state index is -1.63. The molecular formula is C17H14BrN3O4. The monoisotopic (exact) mass is 403 g/mol. The fourth-order valence-electron chi connectivity index (χ4n) is 2.75. The van der Waals surface area contributed by atoms with Crippen LogP contribution in [0, 0.1) is 10.1 Å². The number of non-ortho nitro benzene ring substituents is 1. The van der Waals surface area contributed by atoms with E-state index in [9.17, 15) is 20.0 Å². The molecule has 1 heterocycles. The first kappa shape index (κ1) is 17.2. The van der Waals surface area contributed by atoms with E-state index in [1.165, 1.54) is 24.3 Å². The second-order valence-electron chi connectivity index (χ2n) is 5.76. The Morgan fingerprint density at radius 2 is 2.00 bits per heavy atom. The van der Waals surface area contributed by atoms with Crippen LogP contribution in [0.2, 0.25) is 0 Å². The Morgan fingerprint density at radius 3 is 2.64 bits per heavy atom. The van der Waals surface area contributed by atoms with Crippen LogP contribution in [0.1, 0.15) is 29.3 Å². The summed E-state index contributed by atoms with van der Waals surface area (Å²) >= 11 is 3.33. The number of carbonyl (C=O) groups is 1. The van der Waals surface area contributed by atoms with Gasteiger partial charge in [-0.1, -0.05) is 34.1 Å². The average Bonchev–Trinajstić information content (AvgIpc) is 2.90. The van der Waals surface area contributed by atoms with E-state index in [1.807, 2.05) is 0 Å². The highest BCUT2D eigenvalue weighted by molar-refractivity contribution is 9.10. The van der Waals surface area contributed by atoms with Crippen LogP contribution in [0.15, 0.2) is 58.1 Å². The normalized spacial score (nSPS) is 19.6. The number of hydrazone groups is 1. The second kappa shape index (κ2) is 6.38. The molecule has 1 aliphatic rings. The van der Waals surface area contributed by atoms with E-state index in [-0.39, 0.29) is 17.7 Å². The smallest absolute Gasteiger partial charge is 0.277 e. The van der Waals surface area contributed by atoms with Gasteiger partial charge in [0, 0.05) is 39.9 Å². The zero-order valence-electron chi connectivity index (χ0n) is 13.2. The number of benzene rings is 2. The molecule has 8 heteroatoms. The van der Waals surface area contributed by atoms with Crippen molar-refractivity contribution in [3.05, 3.63) is 74.2 Å². The predicted molar refractivity (Wildman–Crippen MR) is 95.0 cm³/mol. The van der Waals surface area contributed by atoms with E-state index in [4.69, 9.17) is 0 Å². The van der Waals surface area contributed by atoms with Crippen LogP contribution in [0.3, 0.4) is 0 Å². The van der Waals surface area contributed by atoms with Gasteiger partial charge in [0.2, 0.25) is 0 Å². The van der Waals surface area contributed by atoms with Crippen LogP contribution in [0.25, 0.3) is 0 Å². The van der Waals surface area contributed by atoms with Crippen LogP contribution < -0.4 is 0 Å². The van der Waals surface area contributed by atoms with Crippen LogP contribution in [0.5, 0.6) is 0 Å². The van der Waals surface area contributed by atoms with Crippen LogP contribution >= 0.6 is 15.9 Å². The molecule has 0 bridgehead atoms. The van der Waals surface area contributed by atoms with Gasteiger partial charge in [0.25, 0.3) is 11.6 Å². The van der Waals surface area contributed by atoms with Crippen molar-refractivity contribution in [3.63, 3.8) is 0 Å². The number of hydrogen-bond donors (Lipinski definition) is 1. The number of nitro groups is 1. The maximum atomic E-state index is 12.9. The number of aliphatic hydroxyl groups is 1. The highest BCUT2D eigenvalue weighted by Crippen LogP contribution is 2.37. The van der Waals surface area contributed by atoms with Crippen LogP contribution in [0.4, 0.5) is 5.69 Å². The fraction of sp³-hybridized carbons (Fsp3) is 0.176. The SMILES string of the molecule is CC1=NN(C(=O)c2cccc([N+](=O)[O-])c2)[C@](O)(c2ccc(Br)cc2)C1. The molecule has 1 aliphatic heterocycles. The van der Waals surface area contributed by atoms with E-state index in [2.05, 4.69) is 21.0 Å². The van der Waals surface area contributed by atoms with Gasteiger partial charge in [-0.05, 0) is 25.1 Å². The zero-order valence-corrected chi connectivity index (χ0v) is 14.8. The van der Waals surface area contributed by atoms with Gasteiger partial charge >= 0.3 is 0 Å². The van der Waals surface area contributed by atoms with Gasteiger partial charge in [-0.3, -0.25) is 14.9 Å². The van der Waals surface area contributed by atoms with Gasteiger partial charge in [0.05, 0.1) is 4.92 Å². The third kappa shape index (κ3) is 3.18. The van der Waals surface area contributed by atoms with E-state index in [1.54, 1.807) is 31.2 Å². The number of hydrogen-bond acceptors (Lipinski definition) is 5. The predicted octanol–water partition coefficient (Wildman–Crippen LogP) is 3.42. The molecule has 1 atom stereocenters. The molecule has 0 radical (unpaired) electrons. The Bertz CT molecular complexity index is 882. The Kier molecular flexibility index (Phi) is 4.40. The molecule has 1 amide bonds. The molecule has 1 N–H and O–H groups in total. The van der Waals surface area contributed by atoms with Gasteiger partial charge in [-0.25, -0.2) is 0 Å². The Labute approximate surface area is 151 Å². The molecule has 0 spiro atoms. The van der Waals surface area contributed by atoms with Crippen LogP contribution in [-0.2, 0) is 5.72 Å². The molecule has 0 aliphatic carbocycles. The molecule has 2 aromatic carbocycles. The maximum absolute atomic E-state index is 12.9. The first-order valence-corrected chi connectivity index (χ1v) is 8.22. The van der Waals surface area contributed by atoms with Gasteiger partial charge in [-0.2, -0.15) is 10.1 Å². The van der Waals surface area contributed by atoms with Crippen molar-refractivity contribution in [2.24, 2.45) is 5.10 Å². The Hall–Kier alpha value is -2.58. The summed E-state index contributed by atoms with van der Waals surface area (Å²) in [4.78, 5) is 23.2. The molecule has 25 heavy (non-hydrogen) atoms. The molecule has 7 nitrogen and oxygen atoms in total. The standard InChI is InChI=1S/C17H14BrN3O4/c1-11-10-17(23,13-5-7-14(18)8-6-13)20(19-11)16(22)12-3-2-4-15(9-12)21(24)25/h2-9,23H,10H2,1H3/t17-/m1/s1. The molecule has 128 valence electrons. The van der Waals surface area contributed by atoms with E-state index < -0.39 is 16.6 Å². The Balaban J connectivity index is 2.01. The average molecular weight is 404 g/mol. The summed E-state index contributed by atoms with van der Waals surface area (Å²) < 4.78 is 0.840. The van der Waals surface area contributed by atoms with Crippen molar-refractivity contribution in [1.82, 2.24) is 5.01 Å². The van der Waals surface area contributed by atoms with Crippen molar-refractivity contribution in [3.8, 4) is 0 Å². The topological polar surface area (TPSA) is 96.0 Å². The summed E-state index contributed by atoms with van der Waals surface area (Å²) in [5, 5.41) is 27.2. The van der Waals surface area contributed by atoms with Crippen molar-refractivity contribution in [2.45, 2.75) is 19.1 Å². The summed E-state index contributed by atoms with van der Waals surface area (Å²) in [5.41, 5.74) is -0.646. The van der Waals surface area contributed by atoms with Crippen molar-refractivity contribution >= 4 is 33.2 Å². The van der Waals surface area contributed by atoms with E-state index >= 15 is 0 Å². The van der Waals surface area contributed by atoms with Crippen LogP contribution in [-0.4, -0.2) is 26.7 Å². The lowest BCUT2D eigenvalue weighted by atomic mass is 9.97. The van der Waals surface area contributed by atoms with Crippen molar-refractivity contribution in [2.75, 3.05) is 0 Å².